The van der Waals surface area contributed by atoms with Gasteiger partial charge in [-0.25, -0.2) is 0 Å². The van der Waals surface area contributed by atoms with E-state index in [1.165, 1.54) is 48.2 Å². The van der Waals surface area contributed by atoms with Gasteiger partial charge in [0, 0.05) is 31.0 Å². The predicted molar refractivity (Wildman–Crippen MR) is 107 cm³/mol. The molecule has 0 spiro atoms. The van der Waals surface area contributed by atoms with Gasteiger partial charge in [-0.2, -0.15) is 0 Å². The average molecular weight is 351 g/mol. The number of aromatic nitrogens is 1. The van der Waals surface area contributed by atoms with Crippen molar-refractivity contribution in [2.24, 2.45) is 5.73 Å². The molecule has 0 amide bonds. The zero-order chi connectivity index (χ0) is 17.8. The van der Waals surface area contributed by atoms with Gasteiger partial charge in [0.1, 0.15) is 0 Å². The highest BCUT2D eigenvalue weighted by Crippen LogP contribution is 2.34. The molecule has 2 aromatic rings. The molecule has 0 radical (unpaired) electrons. The van der Waals surface area contributed by atoms with E-state index in [4.69, 9.17) is 10.7 Å². The molecule has 2 aliphatic rings. The smallest absolute Gasteiger partial charge is 0.0607 e. The molecule has 2 heterocycles. The van der Waals surface area contributed by atoms with Crippen LogP contribution in [0.15, 0.2) is 42.6 Å². The molecule has 1 aromatic carbocycles. The highest BCUT2D eigenvalue weighted by atomic mass is 15.2. The molecule has 4 rings (SSSR count). The van der Waals surface area contributed by atoms with Gasteiger partial charge in [-0.05, 0) is 68.3 Å². The standard InChI is InChI=1S/C22H30N4/c23-13-5-15-26(21-10-3-7-18-8-4-14-24-22(18)21)16-19-12-11-17-6-1-2-9-20(17)25-19/h1-2,4,6,8-9,14,19,21,25H,3,5,7,10-13,15-16,23H2/t19?,21-/m0/s1. The third-order valence-corrected chi connectivity index (χ3v) is 5.85. The van der Waals surface area contributed by atoms with Crippen molar-refractivity contribution in [2.45, 2.75) is 50.6 Å². The summed E-state index contributed by atoms with van der Waals surface area (Å²) in [5.74, 6) is 0. The Morgan fingerprint density at radius 1 is 1.08 bits per heavy atom. The Bertz CT molecular complexity index is 730. The SMILES string of the molecule is NCCCN(CC1CCc2ccccc2N1)[C@H]1CCCc2cccnc21. The average Bonchev–Trinajstić information content (AvgIpc) is 2.70. The van der Waals surface area contributed by atoms with E-state index in [-0.39, 0.29) is 0 Å². The fourth-order valence-corrected chi connectivity index (χ4v) is 4.53. The van der Waals surface area contributed by atoms with Crippen molar-refractivity contribution >= 4 is 5.69 Å². The van der Waals surface area contributed by atoms with E-state index in [0.29, 0.717) is 12.1 Å². The molecule has 1 aliphatic heterocycles. The van der Waals surface area contributed by atoms with E-state index in [9.17, 15) is 0 Å². The Morgan fingerprint density at radius 2 is 1.96 bits per heavy atom. The van der Waals surface area contributed by atoms with Crippen LogP contribution < -0.4 is 11.1 Å². The first-order chi connectivity index (χ1) is 12.8. The molecule has 1 aromatic heterocycles. The summed E-state index contributed by atoms with van der Waals surface area (Å²) in [7, 11) is 0. The number of nitrogens with one attached hydrogen (secondary N) is 1. The molecule has 0 fully saturated rings. The van der Waals surface area contributed by atoms with E-state index < -0.39 is 0 Å². The summed E-state index contributed by atoms with van der Waals surface area (Å²) in [5.41, 5.74) is 11.3. The molecular formula is C22H30N4. The number of pyridine rings is 1. The largest absolute Gasteiger partial charge is 0.381 e. The Kier molecular flexibility index (Phi) is 5.51. The van der Waals surface area contributed by atoms with Crippen LogP contribution in [0.5, 0.6) is 0 Å². The van der Waals surface area contributed by atoms with Crippen molar-refractivity contribution in [1.29, 1.82) is 0 Å². The Labute approximate surface area is 156 Å². The molecule has 1 aliphatic carbocycles. The minimum Gasteiger partial charge on any atom is -0.381 e. The van der Waals surface area contributed by atoms with Crippen molar-refractivity contribution in [3.63, 3.8) is 0 Å². The molecule has 1 unspecified atom stereocenters. The summed E-state index contributed by atoms with van der Waals surface area (Å²) in [5, 5.41) is 3.77. The molecule has 26 heavy (non-hydrogen) atoms. The lowest BCUT2D eigenvalue weighted by molar-refractivity contribution is 0.164. The van der Waals surface area contributed by atoms with Gasteiger partial charge in [-0.3, -0.25) is 9.88 Å². The van der Waals surface area contributed by atoms with Crippen molar-refractivity contribution in [1.82, 2.24) is 9.88 Å². The van der Waals surface area contributed by atoms with Crippen LogP contribution >= 0.6 is 0 Å². The number of hydrogen-bond acceptors (Lipinski definition) is 4. The first kappa shape index (κ1) is 17.5. The lowest BCUT2D eigenvalue weighted by Gasteiger charge is -2.38. The molecule has 2 atom stereocenters. The Balaban J connectivity index is 1.51. The minimum absolute atomic E-state index is 0.436. The van der Waals surface area contributed by atoms with Crippen molar-refractivity contribution in [3.05, 3.63) is 59.4 Å². The van der Waals surface area contributed by atoms with Gasteiger partial charge in [0.05, 0.1) is 11.7 Å². The van der Waals surface area contributed by atoms with Gasteiger partial charge in [-0.1, -0.05) is 24.3 Å². The number of benzene rings is 1. The van der Waals surface area contributed by atoms with Crippen LogP contribution in [0.2, 0.25) is 0 Å². The topological polar surface area (TPSA) is 54.2 Å². The predicted octanol–water partition coefficient (Wildman–Crippen LogP) is 3.54. The van der Waals surface area contributed by atoms with Gasteiger partial charge < -0.3 is 11.1 Å². The molecule has 4 heteroatoms. The highest BCUT2D eigenvalue weighted by Gasteiger charge is 2.29. The number of para-hydroxylation sites is 1. The lowest BCUT2D eigenvalue weighted by Crippen LogP contribution is -2.42. The Hall–Kier alpha value is -1.91. The minimum atomic E-state index is 0.436. The van der Waals surface area contributed by atoms with Gasteiger partial charge in [-0.15, -0.1) is 0 Å². The molecule has 0 bridgehead atoms. The van der Waals surface area contributed by atoms with E-state index in [1.54, 1.807) is 0 Å². The van der Waals surface area contributed by atoms with Crippen LogP contribution in [-0.2, 0) is 12.8 Å². The lowest BCUT2D eigenvalue weighted by atomic mass is 9.90. The molecule has 3 N–H and O–H groups in total. The van der Waals surface area contributed by atoms with E-state index in [0.717, 1.165) is 32.5 Å². The summed E-state index contributed by atoms with van der Waals surface area (Å²) < 4.78 is 0. The summed E-state index contributed by atoms with van der Waals surface area (Å²) in [4.78, 5) is 7.41. The molecule has 0 saturated heterocycles. The van der Waals surface area contributed by atoms with Crippen molar-refractivity contribution in [2.75, 3.05) is 25.0 Å². The van der Waals surface area contributed by atoms with Gasteiger partial charge in [0.15, 0.2) is 0 Å². The number of nitrogens with two attached hydrogens (primary N) is 1. The summed E-state index contributed by atoms with van der Waals surface area (Å²) in [6.07, 6.45) is 8.98. The molecule has 0 saturated carbocycles. The summed E-state index contributed by atoms with van der Waals surface area (Å²) >= 11 is 0. The maximum Gasteiger partial charge on any atom is 0.0607 e. The van der Waals surface area contributed by atoms with E-state index in [1.807, 2.05) is 6.20 Å². The van der Waals surface area contributed by atoms with Crippen LogP contribution in [-0.4, -0.2) is 35.6 Å². The zero-order valence-electron chi connectivity index (χ0n) is 15.5. The third kappa shape index (κ3) is 3.76. The van der Waals surface area contributed by atoms with Crippen molar-refractivity contribution in [3.8, 4) is 0 Å². The van der Waals surface area contributed by atoms with Crippen molar-refractivity contribution < 1.29 is 0 Å². The Morgan fingerprint density at radius 3 is 2.88 bits per heavy atom. The quantitative estimate of drug-likeness (QED) is 0.837. The third-order valence-electron chi connectivity index (χ3n) is 5.85. The fraction of sp³-hybridized carbons (Fsp3) is 0.500. The fourth-order valence-electron chi connectivity index (χ4n) is 4.53. The molecule has 4 nitrogen and oxygen atoms in total. The number of anilines is 1. The second-order valence-corrected chi connectivity index (χ2v) is 7.63. The number of fused-ring (bicyclic) bond motifs is 2. The van der Waals surface area contributed by atoms with Crippen LogP contribution in [0.3, 0.4) is 0 Å². The monoisotopic (exact) mass is 350 g/mol. The zero-order valence-corrected chi connectivity index (χ0v) is 15.5. The number of rotatable bonds is 6. The second kappa shape index (κ2) is 8.19. The highest BCUT2D eigenvalue weighted by molar-refractivity contribution is 5.53. The number of aryl methyl sites for hydroxylation is 2. The van der Waals surface area contributed by atoms with E-state index in [2.05, 4.69) is 46.6 Å². The first-order valence-electron chi connectivity index (χ1n) is 10.1. The van der Waals surface area contributed by atoms with E-state index >= 15 is 0 Å². The van der Waals surface area contributed by atoms with Gasteiger partial charge >= 0.3 is 0 Å². The van der Waals surface area contributed by atoms with Gasteiger partial charge in [0.25, 0.3) is 0 Å². The number of hydrogen-bond donors (Lipinski definition) is 2. The molecule has 138 valence electrons. The normalized spacial score (nSPS) is 21.8. The number of nitrogens with zero attached hydrogens (tertiary/aromatic N) is 2. The van der Waals surface area contributed by atoms with Crippen LogP contribution in [0.4, 0.5) is 5.69 Å². The summed E-state index contributed by atoms with van der Waals surface area (Å²) in [6.45, 7) is 2.87. The maximum atomic E-state index is 5.84. The maximum absolute atomic E-state index is 5.84. The summed E-state index contributed by atoms with van der Waals surface area (Å²) in [6, 6.07) is 14.0. The van der Waals surface area contributed by atoms with Crippen LogP contribution in [0, 0.1) is 0 Å². The molecular weight excluding hydrogens is 320 g/mol. The first-order valence-corrected chi connectivity index (χ1v) is 10.1. The van der Waals surface area contributed by atoms with Gasteiger partial charge in [0.2, 0.25) is 0 Å². The van der Waals surface area contributed by atoms with Crippen LogP contribution in [0.25, 0.3) is 0 Å². The van der Waals surface area contributed by atoms with Crippen LogP contribution in [0.1, 0.15) is 48.5 Å². The second-order valence-electron chi connectivity index (χ2n) is 7.63.